The number of rotatable bonds is 5. The van der Waals surface area contributed by atoms with Crippen molar-refractivity contribution in [2.75, 3.05) is 6.54 Å². The summed E-state index contributed by atoms with van der Waals surface area (Å²) < 4.78 is 1.48. The van der Waals surface area contributed by atoms with Crippen LogP contribution in [-0.2, 0) is 13.0 Å². The number of H-pyrrole nitrogens is 1. The Labute approximate surface area is 184 Å². The standard InChI is InChI=1S/C23H28N4O3S/c1-5-9-27-20-19(21(28)25-23(27)30)15(12-16(24-20)13(3)4)22(29)26-10-7-18-14(8-11-31-18)17(26)6-2/h8,11-13,17H,5-7,9-10H2,1-4H3,(H,25,28,30). The number of pyridine rings is 1. The third-order valence-electron chi connectivity index (χ3n) is 5.98. The molecule has 1 unspecified atom stereocenters. The number of hydrogen-bond donors (Lipinski definition) is 1. The molecule has 4 heterocycles. The Hall–Kier alpha value is -2.74. The van der Waals surface area contributed by atoms with Gasteiger partial charge in [0.25, 0.3) is 11.5 Å². The summed E-state index contributed by atoms with van der Waals surface area (Å²) in [5.74, 6) is -0.127. The van der Waals surface area contributed by atoms with Gasteiger partial charge in [-0.3, -0.25) is 19.1 Å². The van der Waals surface area contributed by atoms with Gasteiger partial charge in [-0.05, 0) is 48.3 Å². The van der Waals surface area contributed by atoms with Gasteiger partial charge in [-0.15, -0.1) is 11.3 Å². The number of aromatic amines is 1. The second-order valence-electron chi connectivity index (χ2n) is 8.33. The number of nitrogens with one attached hydrogen (secondary N) is 1. The molecule has 1 aliphatic heterocycles. The Morgan fingerprint density at radius 2 is 2.10 bits per heavy atom. The minimum atomic E-state index is -0.556. The highest BCUT2D eigenvalue weighted by atomic mass is 32.1. The minimum absolute atomic E-state index is 0.0196. The number of nitrogens with zero attached hydrogens (tertiary/aromatic N) is 3. The first kappa shape index (κ1) is 21.5. The number of aryl methyl sites for hydroxylation is 1. The Balaban J connectivity index is 1.94. The van der Waals surface area contributed by atoms with E-state index in [0.717, 1.165) is 12.8 Å². The van der Waals surface area contributed by atoms with Crippen LogP contribution in [0.1, 0.15) is 79.0 Å². The van der Waals surface area contributed by atoms with Crippen molar-refractivity contribution in [3.05, 3.63) is 60.0 Å². The van der Waals surface area contributed by atoms with Gasteiger partial charge < -0.3 is 4.90 Å². The SMILES string of the molecule is CCCn1c(=O)[nH]c(=O)c2c(C(=O)N3CCc4sccc4C3CC)cc(C(C)C)nc21. The van der Waals surface area contributed by atoms with Crippen molar-refractivity contribution in [3.8, 4) is 0 Å². The van der Waals surface area contributed by atoms with E-state index in [1.807, 2.05) is 25.7 Å². The molecule has 7 nitrogen and oxygen atoms in total. The predicted molar refractivity (Wildman–Crippen MR) is 123 cm³/mol. The fraction of sp³-hybridized carbons (Fsp3) is 0.478. The van der Waals surface area contributed by atoms with Crippen LogP contribution in [0.3, 0.4) is 0 Å². The van der Waals surface area contributed by atoms with Gasteiger partial charge in [-0.1, -0.05) is 27.7 Å². The van der Waals surface area contributed by atoms with E-state index < -0.39 is 11.2 Å². The summed E-state index contributed by atoms with van der Waals surface area (Å²) in [4.78, 5) is 49.5. The monoisotopic (exact) mass is 440 g/mol. The van der Waals surface area contributed by atoms with Crippen molar-refractivity contribution in [3.63, 3.8) is 0 Å². The zero-order valence-corrected chi connectivity index (χ0v) is 19.2. The first-order valence-corrected chi connectivity index (χ1v) is 11.8. The molecule has 3 aromatic rings. The van der Waals surface area contributed by atoms with E-state index in [2.05, 4.69) is 28.3 Å². The summed E-state index contributed by atoms with van der Waals surface area (Å²) >= 11 is 1.73. The largest absolute Gasteiger partial charge is 0.331 e. The van der Waals surface area contributed by atoms with Crippen LogP contribution in [0, 0.1) is 0 Å². The first-order chi connectivity index (χ1) is 14.9. The summed E-state index contributed by atoms with van der Waals surface area (Å²) in [6.07, 6.45) is 2.32. The minimum Gasteiger partial charge on any atom is -0.331 e. The normalized spacial score (nSPS) is 16.2. The van der Waals surface area contributed by atoms with E-state index in [4.69, 9.17) is 0 Å². The number of fused-ring (bicyclic) bond motifs is 2. The van der Waals surface area contributed by atoms with Crippen molar-refractivity contribution in [2.45, 2.75) is 65.5 Å². The summed E-state index contributed by atoms with van der Waals surface area (Å²) in [6, 6.07) is 3.82. The summed E-state index contributed by atoms with van der Waals surface area (Å²) in [5, 5.41) is 2.28. The van der Waals surface area contributed by atoms with Gasteiger partial charge in [-0.25, -0.2) is 9.78 Å². The first-order valence-electron chi connectivity index (χ1n) is 10.9. The molecule has 0 bridgehead atoms. The zero-order valence-electron chi connectivity index (χ0n) is 18.4. The Morgan fingerprint density at radius 3 is 2.77 bits per heavy atom. The lowest BCUT2D eigenvalue weighted by molar-refractivity contribution is 0.0659. The van der Waals surface area contributed by atoms with Crippen LogP contribution in [0.5, 0.6) is 0 Å². The van der Waals surface area contributed by atoms with Gasteiger partial charge in [0.2, 0.25) is 0 Å². The fourth-order valence-electron chi connectivity index (χ4n) is 4.42. The third kappa shape index (κ3) is 3.63. The molecular weight excluding hydrogens is 412 g/mol. The average molecular weight is 441 g/mol. The van der Waals surface area contributed by atoms with E-state index in [1.165, 1.54) is 15.0 Å². The van der Waals surface area contributed by atoms with Crippen LogP contribution in [0.25, 0.3) is 11.0 Å². The van der Waals surface area contributed by atoms with Crippen molar-refractivity contribution < 1.29 is 4.79 Å². The summed E-state index contributed by atoms with van der Waals surface area (Å²) in [6.45, 7) is 9.05. The Morgan fingerprint density at radius 1 is 1.32 bits per heavy atom. The molecular formula is C23H28N4O3S. The molecule has 1 N–H and O–H groups in total. The maximum Gasteiger partial charge on any atom is 0.329 e. The molecule has 1 aliphatic rings. The second-order valence-corrected chi connectivity index (χ2v) is 9.33. The van der Waals surface area contributed by atoms with Crippen molar-refractivity contribution in [1.82, 2.24) is 19.4 Å². The smallest absolute Gasteiger partial charge is 0.329 e. The highest BCUT2D eigenvalue weighted by Gasteiger charge is 2.33. The summed E-state index contributed by atoms with van der Waals surface area (Å²) in [7, 11) is 0. The number of thiophene rings is 1. The number of aromatic nitrogens is 3. The molecule has 4 rings (SSSR count). The lowest BCUT2D eigenvalue weighted by Crippen LogP contribution is -2.40. The van der Waals surface area contributed by atoms with Crippen molar-refractivity contribution >= 4 is 28.3 Å². The molecule has 31 heavy (non-hydrogen) atoms. The van der Waals surface area contributed by atoms with Crippen molar-refractivity contribution in [2.24, 2.45) is 0 Å². The molecule has 0 saturated carbocycles. The van der Waals surface area contributed by atoms with Crippen LogP contribution < -0.4 is 11.2 Å². The maximum atomic E-state index is 13.9. The highest BCUT2D eigenvalue weighted by molar-refractivity contribution is 7.10. The predicted octanol–water partition coefficient (Wildman–Crippen LogP) is 3.83. The summed E-state index contributed by atoms with van der Waals surface area (Å²) in [5.41, 5.74) is 1.49. The maximum absolute atomic E-state index is 13.9. The van der Waals surface area contributed by atoms with Crippen LogP contribution in [0.4, 0.5) is 0 Å². The lowest BCUT2D eigenvalue weighted by Gasteiger charge is -2.35. The number of carbonyl (C=O) groups is 1. The van der Waals surface area contributed by atoms with E-state index in [0.29, 0.717) is 36.4 Å². The average Bonchev–Trinajstić information content (AvgIpc) is 3.23. The number of carbonyl (C=O) groups excluding carboxylic acids is 1. The quantitative estimate of drug-likeness (QED) is 0.653. The molecule has 0 saturated heterocycles. The molecule has 0 aliphatic carbocycles. The van der Waals surface area contributed by atoms with Crippen LogP contribution >= 0.6 is 11.3 Å². The van der Waals surface area contributed by atoms with Crippen LogP contribution in [0.2, 0.25) is 0 Å². The van der Waals surface area contributed by atoms with Gasteiger partial charge in [0, 0.05) is 23.7 Å². The molecule has 8 heteroatoms. The molecule has 1 atom stereocenters. The lowest BCUT2D eigenvalue weighted by atomic mass is 9.96. The van der Waals surface area contributed by atoms with E-state index in [1.54, 1.807) is 17.4 Å². The molecule has 0 spiro atoms. The van der Waals surface area contributed by atoms with Gasteiger partial charge in [0.15, 0.2) is 5.65 Å². The molecule has 0 aromatic carbocycles. The molecule has 0 radical (unpaired) electrons. The molecule has 1 amide bonds. The zero-order chi connectivity index (χ0) is 22.3. The van der Waals surface area contributed by atoms with Gasteiger partial charge >= 0.3 is 5.69 Å². The third-order valence-corrected chi connectivity index (χ3v) is 6.98. The van der Waals surface area contributed by atoms with E-state index in [-0.39, 0.29) is 23.3 Å². The van der Waals surface area contributed by atoms with Gasteiger partial charge in [0.05, 0.1) is 17.0 Å². The van der Waals surface area contributed by atoms with Gasteiger partial charge in [0.1, 0.15) is 0 Å². The van der Waals surface area contributed by atoms with Crippen LogP contribution in [0.15, 0.2) is 27.1 Å². The Kier molecular flexibility index (Phi) is 5.83. The molecule has 0 fully saturated rings. The topological polar surface area (TPSA) is 88.1 Å². The second kappa shape index (κ2) is 8.42. The molecule has 3 aromatic heterocycles. The van der Waals surface area contributed by atoms with E-state index in [9.17, 15) is 14.4 Å². The highest BCUT2D eigenvalue weighted by Crippen LogP contribution is 2.36. The van der Waals surface area contributed by atoms with Gasteiger partial charge in [-0.2, -0.15) is 0 Å². The van der Waals surface area contributed by atoms with Crippen molar-refractivity contribution in [1.29, 1.82) is 0 Å². The Bertz CT molecular complexity index is 1250. The number of hydrogen-bond acceptors (Lipinski definition) is 5. The fourth-order valence-corrected chi connectivity index (χ4v) is 5.35. The molecule has 164 valence electrons. The number of amides is 1. The van der Waals surface area contributed by atoms with Crippen LogP contribution in [-0.4, -0.2) is 31.9 Å². The van der Waals surface area contributed by atoms with E-state index >= 15 is 0 Å².